The Bertz CT molecular complexity index is 568. The second-order valence-corrected chi connectivity index (χ2v) is 5.87. The van der Waals surface area contributed by atoms with Crippen LogP contribution in [0, 0.1) is 0 Å². The number of nitrogens with one attached hydrogen (secondary N) is 3. The van der Waals surface area contributed by atoms with Gasteiger partial charge in [-0.1, -0.05) is 23.2 Å². The fraction of sp³-hybridized carbons (Fsp3) is 0.429. The van der Waals surface area contributed by atoms with E-state index in [0.29, 0.717) is 16.6 Å². The number of halogens is 2. The number of anilines is 1. The lowest BCUT2D eigenvalue weighted by Crippen LogP contribution is -2.44. The van der Waals surface area contributed by atoms with Gasteiger partial charge < -0.3 is 20.9 Å². The zero-order valence-electron chi connectivity index (χ0n) is 12.2. The van der Waals surface area contributed by atoms with Gasteiger partial charge >= 0.3 is 6.03 Å². The van der Waals surface area contributed by atoms with Crippen LogP contribution in [0.2, 0.25) is 10.0 Å². The smallest absolute Gasteiger partial charge is 0.314 e. The van der Waals surface area contributed by atoms with Crippen molar-refractivity contribution < 1.29 is 9.59 Å². The number of carbonyl (C=O) groups is 2. The summed E-state index contributed by atoms with van der Waals surface area (Å²) in [6, 6.07) is 5.03. The molecule has 1 aliphatic rings. The average molecular weight is 345 g/mol. The highest BCUT2D eigenvalue weighted by molar-refractivity contribution is 6.36. The Morgan fingerprint density at radius 1 is 1.36 bits per heavy atom. The van der Waals surface area contributed by atoms with Crippen molar-refractivity contribution in [1.29, 1.82) is 0 Å². The predicted octanol–water partition coefficient (Wildman–Crippen LogP) is 1.62. The zero-order valence-corrected chi connectivity index (χ0v) is 13.7. The summed E-state index contributed by atoms with van der Waals surface area (Å²) in [5, 5.41) is 8.93. The normalized spacial score (nSPS) is 17.2. The number of nitrogens with zero attached hydrogens (tertiary/aromatic N) is 1. The highest BCUT2D eigenvalue weighted by Crippen LogP contribution is 2.30. The van der Waals surface area contributed by atoms with Crippen molar-refractivity contribution in [3.05, 3.63) is 28.2 Å². The first-order valence-electron chi connectivity index (χ1n) is 6.94. The van der Waals surface area contributed by atoms with Crippen molar-refractivity contribution in [3.8, 4) is 0 Å². The minimum atomic E-state index is -0.379. The van der Waals surface area contributed by atoms with Crippen LogP contribution in [-0.2, 0) is 4.79 Å². The number of benzene rings is 1. The molecule has 0 spiro atoms. The number of hydrogen-bond acceptors (Lipinski definition) is 3. The third-order valence-electron chi connectivity index (χ3n) is 3.44. The minimum absolute atomic E-state index is 0.0331. The fourth-order valence-electron chi connectivity index (χ4n) is 2.36. The first-order valence-corrected chi connectivity index (χ1v) is 7.70. The van der Waals surface area contributed by atoms with Crippen LogP contribution < -0.4 is 20.9 Å². The molecule has 0 aromatic heterocycles. The SMILES string of the molecule is CNC(=O)NCC(=O)N[C@H]1CCN(c2ccc(Cl)cc2Cl)C1. The van der Waals surface area contributed by atoms with Crippen molar-refractivity contribution in [2.24, 2.45) is 0 Å². The van der Waals surface area contributed by atoms with Crippen LogP contribution in [0.25, 0.3) is 0 Å². The molecular formula is C14H18Cl2N4O2. The summed E-state index contributed by atoms with van der Waals surface area (Å²) in [7, 11) is 1.50. The lowest BCUT2D eigenvalue weighted by molar-refractivity contribution is -0.120. The van der Waals surface area contributed by atoms with Crippen molar-refractivity contribution in [1.82, 2.24) is 16.0 Å². The van der Waals surface area contributed by atoms with Gasteiger partial charge in [-0.3, -0.25) is 4.79 Å². The molecule has 1 aromatic carbocycles. The Morgan fingerprint density at radius 3 is 2.82 bits per heavy atom. The third kappa shape index (κ3) is 4.42. The van der Waals surface area contributed by atoms with E-state index < -0.39 is 0 Å². The van der Waals surface area contributed by atoms with E-state index in [1.807, 2.05) is 6.07 Å². The van der Waals surface area contributed by atoms with E-state index in [-0.39, 0.29) is 24.5 Å². The standard InChI is InChI=1S/C14H18Cl2N4O2/c1-17-14(22)18-7-13(21)19-10-4-5-20(8-10)12-3-2-9(15)6-11(12)16/h2-3,6,10H,4-5,7-8H2,1H3,(H,19,21)(H2,17,18,22)/t10-/m0/s1. The molecule has 0 saturated carbocycles. The van der Waals surface area contributed by atoms with Crippen LogP contribution in [0.3, 0.4) is 0 Å². The number of urea groups is 1. The number of rotatable bonds is 4. The van der Waals surface area contributed by atoms with E-state index in [1.54, 1.807) is 12.1 Å². The van der Waals surface area contributed by atoms with Crippen molar-refractivity contribution in [2.75, 3.05) is 31.6 Å². The topological polar surface area (TPSA) is 73.5 Å². The number of hydrogen-bond donors (Lipinski definition) is 3. The van der Waals surface area contributed by atoms with E-state index in [0.717, 1.165) is 18.7 Å². The summed E-state index contributed by atoms with van der Waals surface area (Å²) in [4.78, 5) is 24.9. The van der Waals surface area contributed by atoms with Crippen molar-refractivity contribution in [3.63, 3.8) is 0 Å². The molecule has 2 rings (SSSR count). The van der Waals surface area contributed by atoms with Gasteiger partial charge in [-0.2, -0.15) is 0 Å². The highest BCUT2D eigenvalue weighted by atomic mass is 35.5. The molecule has 1 aliphatic heterocycles. The highest BCUT2D eigenvalue weighted by Gasteiger charge is 2.25. The van der Waals surface area contributed by atoms with Crippen LogP contribution in [0.15, 0.2) is 18.2 Å². The van der Waals surface area contributed by atoms with Crippen LogP contribution in [0.1, 0.15) is 6.42 Å². The van der Waals surface area contributed by atoms with Gasteiger partial charge in [0.25, 0.3) is 0 Å². The van der Waals surface area contributed by atoms with Crippen molar-refractivity contribution >= 4 is 40.8 Å². The molecule has 0 radical (unpaired) electrons. The third-order valence-corrected chi connectivity index (χ3v) is 3.98. The van der Waals surface area contributed by atoms with E-state index in [9.17, 15) is 9.59 Å². The molecule has 120 valence electrons. The monoisotopic (exact) mass is 344 g/mol. The predicted molar refractivity (Wildman–Crippen MR) is 87.7 cm³/mol. The van der Waals surface area contributed by atoms with Crippen molar-refractivity contribution in [2.45, 2.75) is 12.5 Å². The van der Waals surface area contributed by atoms with Crippen LogP contribution in [-0.4, -0.2) is 44.7 Å². The molecule has 1 atom stereocenters. The van der Waals surface area contributed by atoms with Crippen LogP contribution >= 0.6 is 23.2 Å². The first-order chi connectivity index (χ1) is 10.5. The molecule has 3 N–H and O–H groups in total. The Kier molecular flexibility index (Phi) is 5.74. The van der Waals surface area contributed by atoms with Gasteiger partial charge in [0.15, 0.2) is 0 Å². The Balaban J connectivity index is 1.85. The van der Waals surface area contributed by atoms with E-state index in [1.165, 1.54) is 7.05 Å². The second kappa shape index (κ2) is 7.56. The summed E-state index contributed by atoms with van der Waals surface area (Å²) in [6.07, 6.45) is 0.824. The maximum Gasteiger partial charge on any atom is 0.314 e. The lowest BCUT2D eigenvalue weighted by atomic mass is 10.2. The molecule has 0 bridgehead atoms. The van der Waals surface area contributed by atoms with Crippen LogP contribution in [0.4, 0.5) is 10.5 Å². The molecule has 6 nitrogen and oxygen atoms in total. The Hall–Kier alpha value is -1.66. The molecule has 1 heterocycles. The number of carbonyl (C=O) groups excluding carboxylic acids is 2. The van der Waals surface area contributed by atoms with Gasteiger partial charge in [0, 0.05) is 31.2 Å². The molecule has 3 amide bonds. The Labute approximate surface area is 139 Å². The minimum Gasteiger partial charge on any atom is -0.368 e. The second-order valence-electron chi connectivity index (χ2n) is 5.03. The maximum absolute atomic E-state index is 11.8. The molecule has 1 saturated heterocycles. The van der Waals surface area contributed by atoms with E-state index in [2.05, 4.69) is 20.9 Å². The van der Waals surface area contributed by atoms with E-state index in [4.69, 9.17) is 23.2 Å². The first kappa shape index (κ1) is 16.7. The van der Waals surface area contributed by atoms with Gasteiger partial charge in [-0.15, -0.1) is 0 Å². The lowest BCUT2D eigenvalue weighted by Gasteiger charge is -2.20. The maximum atomic E-state index is 11.8. The number of amides is 3. The molecule has 8 heteroatoms. The van der Waals surface area contributed by atoms with Gasteiger partial charge in [0.2, 0.25) is 5.91 Å². The molecule has 0 aliphatic carbocycles. The van der Waals surface area contributed by atoms with Gasteiger partial charge in [0.1, 0.15) is 0 Å². The molecule has 1 fully saturated rings. The summed E-state index contributed by atoms with van der Waals surface area (Å²) < 4.78 is 0. The Morgan fingerprint density at radius 2 is 2.14 bits per heavy atom. The van der Waals surface area contributed by atoms with E-state index >= 15 is 0 Å². The zero-order chi connectivity index (χ0) is 16.1. The molecule has 1 aromatic rings. The summed E-state index contributed by atoms with van der Waals surface area (Å²) in [6.45, 7) is 1.43. The summed E-state index contributed by atoms with van der Waals surface area (Å²) >= 11 is 12.1. The molecule has 22 heavy (non-hydrogen) atoms. The van der Waals surface area contributed by atoms with Gasteiger partial charge in [0.05, 0.1) is 17.3 Å². The average Bonchev–Trinajstić information content (AvgIpc) is 2.92. The molecule has 0 unspecified atom stereocenters. The largest absolute Gasteiger partial charge is 0.368 e. The summed E-state index contributed by atoms with van der Waals surface area (Å²) in [5.74, 6) is -0.211. The summed E-state index contributed by atoms with van der Waals surface area (Å²) in [5.41, 5.74) is 0.909. The van der Waals surface area contributed by atoms with Gasteiger partial charge in [-0.25, -0.2) is 4.79 Å². The fourth-order valence-corrected chi connectivity index (χ4v) is 2.89. The quantitative estimate of drug-likeness (QED) is 0.776. The van der Waals surface area contributed by atoms with Crippen LogP contribution in [0.5, 0.6) is 0 Å². The van der Waals surface area contributed by atoms with Gasteiger partial charge in [-0.05, 0) is 24.6 Å². The molecular weight excluding hydrogens is 327 g/mol.